The largest absolute Gasteiger partial charge is 0.494 e. The van der Waals surface area contributed by atoms with Gasteiger partial charge < -0.3 is 15.2 Å². The second-order valence-electron chi connectivity index (χ2n) is 6.00. The fraction of sp³-hybridized carbons (Fsp3) is 0.647. The van der Waals surface area contributed by atoms with Crippen molar-refractivity contribution < 1.29 is 13.9 Å². The van der Waals surface area contributed by atoms with Crippen LogP contribution < -0.4 is 10.5 Å². The van der Waals surface area contributed by atoms with Gasteiger partial charge in [-0.1, -0.05) is 19.4 Å². The molecule has 1 aliphatic carbocycles. The third-order valence-electron chi connectivity index (χ3n) is 4.73. The second kappa shape index (κ2) is 7.23. The Labute approximate surface area is 126 Å². The first kappa shape index (κ1) is 16.2. The van der Waals surface area contributed by atoms with Gasteiger partial charge in [0.15, 0.2) is 11.6 Å². The third-order valence-corrected chi connectivity index (χ3v) is 4.73. The summed E-state index contributed by atoms with van der Waals surface area (Å²) in [6.07, 6.45) is 5.57. The van der Waals surface area contributed by atoms with E-state index in [1.807, 2.05) is 6.07 Å². The highest BCUT2D eigenvalue weighted by molar-refractivity contribution is 5.28. The molecule has 3 nitrogen and oxygen atoms in total. The highest BCUT2D eigenvalue weighted by Gasteiger charge is 2.34. The molecule has 0 unspecified atom stereocenters. The van der Waals surface area contributed by atoms with Gasteiger partial charge in [0.1, 0.15) is 0 Å². The second-order valence-corrected chi connectivity index (χ2v) is 6.00. The molecule has 1 fully saturated rings. The fourth-order valence-electron chi connectivity index (χ4n) is 3.06. The van der Waals surface area contributed by atoms with Gasteiger partial charge >= 0.3 is 0 Å². The molecule has 0 heterocycles. The van der Waals surface area contributed by atoms with Crippen LogP contribution in [0.4, 0.5) is 4.39 Å². The summed E-state index contributed by atoms with van der Waals surface area (Å²) in [4.78, 5) is 0. The first-order chi connectivity index (χ1) is 10.1. The Balaban J connectivity index is 1.96. The Kier molecular flexibility index (Phi) is 5.59. The van der Waals surface area contributed by atoms with Crippen LogP contribution in [0.15, 0.2) is 18.2 Å². The number of rotatable bonds is 6. The van der Waals surface area contributed by atoms with Gasteiger partial charge in [-0.05, 0) is 49.3 Å². The maximum absolute atomic E-state index is 13.7. The fourth-order valence-corrected chi connectivity index (χ4v) is 3.06. The zero-order valence-corrected chi connectivity index (χ0v) is 13.0. The molecule has 0 bridgehead atoms. The van der Waals surface area contributed by atoms with Crippen LogP contribution in [-0.2, 0) is 11.3 Å². The van der Waals surface area contributed by atoms with Crippen molar-refractivity contribution in [3.8, 4) is 5.75 Å². The third kappa shape index (κ3) is 3.95. The zero-order valence-electron chi connectivity index (χ0n) is 13.0. The lowest BCUT2D eigenvalue weighted by molar-refractivity contribution is -0.0813. The van der Waals surface area contributed by atoms with E-state index >= 15 is 0 Å². The number of methoxy groups -OCH3 is 1. The normalized spacial score (nSPS) is 25.8. The van der Waals surface area contributed by atoms with Crippen LogP contribution in [-0.4, -0.2) is 19.3 Å². The SMILES string of the molecule is CCC1CCC(CN)(OCc2ccc(OC)c(F)c2)CC1. The Hall–Kier alpha value is -1.13. The molecule has 0 amide bonds. The summed E-state index contributed by atoms with van der Waals surface area (Å²) in [5.74, 6) is 0.706. The van der Waals surface area contributed by atoms with Crippen LogP contribution in [0.5, 0.6) is 5.75 Å². The van der Waals surface area contributed by atoms with Crippen molar-refractivity contribution in [3.05, 3.63) is 29.6 Å². The predicted octanol–water partition coefficient (Wildman–Crippen LogP) is 3.65. The maximum atomic E-state index is 13.7. The topological polar surface area (TPSA) is 44.5 Å². The molecule has 1 aromatic carbocycles. The lowest BCUT2D eigenvalue weighted by atomic mass is 9.77. The molecule has 0 aliphatic heterocycles. The van der Waals surface area contributed by atoms with Crippen molar-refractivity contribution in [2.45, 2.75) is 51.2 Å². The van der Waals surface area contributed by atoms with E-state index in [1.54, 1.807) is 6.07 Å². The number of benzene rings is 1. The van der Waals surface area contributed by atoms with Crippen LogP contribution in [0, 0.1) is 11.7 Å². The first-order valence-corrected chi connectivity index (χ1v) is 7.79. The maximum Gasteiger partial charge on any atom is 0.165 e. The number of halogens is 1. The van der Waals surface area contributed by atoms with Gasteiger partial charge in [0.05, 0.1) is 19.3 Å². The molecule has 21 heavy (non-hydrogen) atoms. The smallest absolute Gasteiger partial charge is 0.165 e. The molecule has 0 atom stereocenters. The van der Waals surface area contributed by atoms with Crippen molar-refractivity contribution in [3.63, 3.8) is 0 Å². The number of hydrogen-bond donors (Lipinski definition) is 1. The van der Waals surface area contributed by atoms with E-state index in [0.29, 0.717) is 13.2 Å². The molecule has 118 valence electrons. The summed E-state index contributed by atoms with van der Waals surface area (Å²) in [6.45, 7) is 3.16. The highest BCUT2D eigenvalue weighted by atomic mass is 19.1. The zero-order chi connectivity index (χ0) is 15.3. The summed E-state index contributed by atoms with van der Waals surface area (Å²) < 4.78 is 24.7. The number of ether oxygens (including phenoxy) is 2. The van der Waals surface area contributed by atoms with E-state index in [-0.39, 0.29) is 17.2 Å². The molecule has 0 radical (unpaired) electrons. The summed E-state index contributed by atoms with van der Waals surface area (Å²) in [5.41, 5.74) is 6.53. The predicted molar refractivity (Wildman–Crippen MR) is 81.8 cm³/mol. The Morgan fingerprint density at radius 1 is 1.33 bits per heavy atom. The van der Waals surface area contributed by atoms with Gasteiger partial charge in [0.25, 0.3) is 0 Å². The molecule has 2 N–H and O–H groups in total. The minimum Gasteiger partial charge on any atom is -0.494 e. The van der Waals surface area contributed by atoms with E-state index in [1.165, 1.54) is 32.4 Å². The number of nitrogens with two attached hydrogens (primary N) is 1. The van der Waals surface area contributed by atoms with Crippen LogP contribution in [0.1, 0.15) is 44.6 Å². The minimum absolute atomic E-state index is 0.234. The molecule has 1 aromatic rings. The summed E-state index contributed by atoms with van der Waals surface area (Å²) in [6, 6.07) is 4.95. The monoisotopic (exact) mass is 295 g/mol. The van der Waals surface area contributed by atoms with E-state index in [9.17, 15) is 4.39 Å². The van der Waals surface area contributed by atoms with Crippen LogP contribution in [0.25, 0.3) is 0 Å². The molecular weight excluding hydrogens is 269 g/mol. The lowest BCUT2D eigenvalue weighted by Crippen LogP contribution is -2.43. The van der Waals surface area contributed by atoms with Crippen molar-refractivity contribution in [2.75, 3.05) is 13.7 Å². The molecule has 2 rings (SSSR count). The molecular formula is C17H26FNO2. The molecule has 0 saturated heterocycles. The Bertz CT molecular complexity index is 456. The van der Waals surface area contributed by atoms with Crippen LogP contribution >= 0.6 is 0 Å². The minimum atomic E-state index is -0.352. The molecule has 4 heteroatoms. The molecule has 1 saturated carbocycles. The highest BCUT2D eigenvalue weighted by Crippen LogP contribution is 2.36. The Morgan fingerprint density at radius 3 is 2.57 bits per heavy atom. The van der Waals surface area contributed by atoms with Crippen LogP contribution in [0.2, 0.25) is 0 Å². The van der Waals surface area contributed by atoms with Crippen molar-refractivity contribution in [1.29, 1.82) is 0 Å². The van der Waals surface area contributed by atoms with E-state index in [4.69, 9.17) is 15.2 Å². The van der Waals surface area contributed by atoms with Gasteiger partial charge in [-0.15, -0.1) is 0 Å². The molecule has 0 aromatic heterocycles. The van der Waals surface area contributed by atoms with Gasteiger partial charge in [-0.2, -0.15) is 0 Å². The quantitative estimate of drug-likeness (QED) is 0.871. The van der Waals surface area contributed by atoms with Gasteiger partial charge in [0.2, 0.25) is 0 Å². The van der Waals surface area contributed by atoms with Crippen LogP contribution in [0.3, 0.4) is 0 Å². The lowest BCUT2D eigenvalue weighted by Gasteiger charge is -2.39. The summed E-state index contributed by atoms with van der Waals surface area (Å²) in [7, 11) is 1.46. The molecule has 1 aliphatic rings. The van der Waals surface area contributed by atoms with E-state index < -0.39 is 0 Å². The van der Waals surface area contributed by atoms with Gasteiger partial charge in [-0.3, -0.25) is 0 Å². The number of hydrogen-bond acceptors (Lipinski definition) is 3. The standard InChI is InChI=1S/C17H26FNO2/c1-3-13-6-8-17(12-19,9-7-13)21-11-14-4-5-16(20-2)15(18)10-14/h4-5,10,13H,3,6-9,11-12,19H2,1-2H3. The molecule has 0 spiro atoms. The summed E-state index contributed by atoms with van der Waals surface area (Å²) in [5, 5.41) is 0. The van der Waals surface area contributed by atoms with Crippen molar-refractivity contribution in [2.24, 2.45) is 11.7 Å². The average molecular weight is 295 g/mol. The van der Waals surface area contributed by atoms with Gasteiger partial charge in [0, 0.05) is 6.54 Å². The van der Waals surface area contributed by atoms with Crippen molar-refractivity contribution >= 4 is 0 Å². The first-order valence-electron chi connectivity index (χ1n) is 7.79. The summed E-state index contributed by atoms with van der Waals surface area (Å²) >= 11 is 0. The van der Waals surface area contributed by atoms with Gasteiger partial charge in [-0.25, -0.2) is 4.39 Å². The van der Waals surface area contributed by atoms with E-state index in [2.05, 4.69) is 6.92 Å². The average Bonchev–Trinajstić information content (AvgIpc) is 2.53. The van der Waals surface area contributed by atoms with E-state index in [0.717, 1.165) is 24.3 Å². The Morgan fingerprint density at radius 2 is 2.05 bits per heavy atom. The van der Waals surface area contributed by atoms with Crippen molar-refractivity contribution in [1.82, 2.24) is 0 Å².